The van der Waals surface area contributed by atoms with Crippen LogP contribution in [0.25, 0.3) is 0 Å². The molecule has 0 aromatic heterocycles. The first-order chi connectivity index (χ1) is 13.2. The van der Waals surface area contributed by atoms with Crippen molar-refractivity contribution in [1.82, 2.24) is 4.90 Å². The average molecular weight is 416 g/mol. The van der Waals surface area contributed by atoms with Crippen molar-refractivity contribution >= 4 is 29.1 Å². The molecule has 2 amide bonds. The van der Waals surface area contributed by atoms with Gasteiger partial charge in [-0.1, -0.05) is 23.7 Å². The molecule has 150 valence electrons. The maximum Gasteiger partial charge on any atom is 0.387 e. The first-order valence-corrected chi connectivity index (χ1v) is 8.34. The molecule has 1 unspecified atom stereocenters. The number of anilines is 1. The lowest BCUT2D eigenvalue weighted by atomic mass is 10.0. The number of rotatable bonds is 8. The van der Waals surface area contributed by atoms with Crippen LogP contribution in [0.4, 0.5) is 18.9 Å². The predicted octanol–water partition coefficient (Wildman–Crippen LogP) is 3.18. The van der Waals surface area contributed by atoms with E-state index >= 15 is 0 Å². The van der Waals surface area contributed by atoms with Crippen molar-refractivity contribution in [3.05, 3.63) is 58.9 Å². The Labute approximate surface area is 164 Å². The summed E-state index contributed by atoms with van der Waals surface area (Å²) in [7, 11) is 1.48. The minimum Gasteiger partial charge on any atom is -0.433 e. The van der Waals surface area contributed by atoms with Crippen molar-refractivity contribution in [2.24, 2.45) is 5.73 Å². The van der Waals surface area contributed by atoms with Crippen LogP contribution in [-0.2, 0) is 9.59 Å². The molecule has 0 fully saturated rings. The van der Waals surface area contributed by atoms with Crippen LogP contribution in [0.15, 0.2) is 42.5 Å². The van der Waals surface area contributed by atoms with Gasteiger partial charge in [-0.3, -0.25) is 14.5 Å². The first-order valence-electron chi connectivity index (χ1n) is 7.96. The van der Waals surface area contributed by atoms with Gasteiger partial charge in [-0.15, -0.1) is 0 Å². The molecule has 0 aliphatic carbocycles. The van der Waals surface area contributed by atoms with Gasteiger partial charge in [-0.2, -0.15) is 8.78 Å². The van der Waals surface area contributed by atoms with Gasteiger partial charge in [-0.25, -0.2) is 4.39 Å². The number of hydrogen-bond donors (Lipinski definition) is 2. The Balaban J connectivity index is 2.06. The summed E-state index contributed by atoms with van der Waals surface area (Å²) in [6.45, 7) is -3.28. The largest absolute Gasteiger partial charge is 0.433 e. The third kappa shape index (κ3) is 5.86. The SMILES string of the molecule is CN(CC(=O)Nc1ccc(OC(F)F)c(Cl)c1)C(C(N)=O)c1cccc(F)c1. The van der Waals surface area contributed by atoms with Gasteiger partial charge in [0, 0.05) is 5.69 Å². The van der Waals surface area contributed by atoms with Crippen LogP contribution < -0.4 is 15.8 Å². The highest BCUT2D eigenvalue weighted by Gasteiger charge is 2.25. The Morgan fingerprint density at radius 3 is 2.54 bits per heavy atom. The number of carbonyl (C=O) groups is 2. The monoisotopic (exact) mass is 415 g/mol. The van der Waals surface area contributed by atoms with Crippen molar-refractivity contribution in [1.29, 1.82) is 0 Å². The molecule has 0 aliphatic heterocycles. The third-order valence-corrected chi connectivity index (χ3v) is 3.99. The van der Waals surface area contributed by atoms with Gasteiger partial charge >= 0.3 is 6.61 Å². The van der Waals surface area contributed by atoms with Crippen molar-refractivity contribution in [3.8, 4) is 5.75 Å². The molecule has 0 aliphatic rings. The quantitative estimate of drug-likeness (QED) is 0.693. The van der Waals surface area contributed by atoms with Crippen molar-refractivity contribution in [3.63, 3.8) is 0 Å². The number of amides is 2. The van der Waals surface area contributed by atoms with E-state index in [0.29, 0.717) is 5.56 Å². The Kier molecular flexibility index (Phi) is 7.24. The predicted molar refractivity (Wildman–Crippen MR) is 97.7 cm³/mol. The second-order valence-electron chi connectivity index (χ2n) is 5.85. The zero-order valence-corrected chi connectivity index (χ0v) is 15.4. The van der Waals surface area contributed by atoms with Crippen LogP contribution in [0.3, 0.4) is 0 Å². The lowest BCUT2D eigenvalue weighted by molar-refractivity contribution is -0.124. The summed E-state index contributed by atoms with van der Waals surface area (Å²) < 4.78 is 42.1. The van der Waals surface area contributed by atoms with Crippen LogP contribution >= 0.6 is 11.6 Å². The van der Waals surface area contributed by atoms with E-state index in [0.717, 1.165) is 6.07 Å². The molecule has 2 rings (SSSR count). The number of nitrogens with one attached hydrogen (secondary N) is 1. The molecule has 1 atom stereocenters. The average Bonchev–Trinajstić information content (AvgIpc) is 2.56. The molecule has 0 bridgehead atoms. The van der Waals surface area contributed by atoms with Crippen LogP contribution in [0.2, 0.25) is 5.02 Å². The van der Waals surface area contributed by atoms with Gasteiger partial charge in [0.15, 0.2) is 0 Å². The fourth-order valence-corrected chi connectivity index (χ4v) is 2.83. The van der Waals surface area contributed by atoms with Crippen LogP contribution in [-0.4, -0.2) is 36.9 Å². The maximum absolute atomic E-state index is 13.4. The summed E-state index contributed by atoms with van der Waals surface area (Å²) in [5.74, 6) is -2.05. The minimum atomic E-state index is -3.03. The highest BCUT2D eigenvalue weighted by molar-refractivity contribution is 6.32. The summed E-state index contributed by atoms with van der Waals surface area (Å²) in [6, 6.07) is 8.08. The van der Waals surface area contributed by atoms with E-state index in [1.165, 1.54) is 48.3 Å². The lowest BCUT2D eigenvalue weighted by Gasteiger charge is -2.25. The van der Waals surface area contributed by atoms with Crippen molar-refractivity contribution in [2.45, 2.75) is 12.7 Å². The number of alkyl halides is 2. The molecule has 28 heavy (non-hydrogen) atoms. The third-order valence-electron chi connectivity index (χ3n) is 3.70. The normalized spacial score (nSPS) is 12.1. The second kappa shape index (κ2) is 9.43. The zero-order chi connectivity index (χ0) is 20.8. The molecule has 6 nitrogen and oxygen atoms in total. The molecule has 10 heteroatoms. The van der Waals surface area contributed by atoms with E-state index in [1.807, 2.05) is 0 Å². The lowest BCUT2D eigenvalue weighted by Crippen LogP contribution is -2.39. The molecular weight excluding hydrogens is 399 g/mol. The van der Waals surface area contributed by atoms with Gasteiger partial charge in [-0.05, 0) is 42.9 Å². The number of ether oxygens (including phenoxy) is 1. The minimum absolute atomic E-state index is 0.110. The number of primary amides is 1. The van der Waals surface area contributed by atoms with Gasteiger partial charge in [0.2, 0.25) is 11.8 Å². The van der Waals surface area contributed by atoms with Crippen LogP contribution in [0.5, 0.6) is 5.75 Å². The molecule has 2 aromatic carbocycles. The molecule has 0 saturated heterocycles. The standard InChI is InChI=1S/C18H17ClF3N3O3/c1-25(16(17(23)27)10-3-2-4-11(20)7-10)9-15(26)24-12-5-6-14(13(19)8-12)28-18(21)22/h2-8,16,18H,9H2,1H3,(H2,23,27)(H,24,26). The maximum atomic E-state index is 13.4. The summed E-state index contributed by atoms with van der Waals surface area (Å²) in [5, 5.41) is 2.41. The van der Waals surface area contributed by atoms with Gasteiger partial charge in [0.1, 0.15) is 17.6 Å². The zero-order valence-electron chi connectivity index (χ0n) is 14.7. The smallest absolute Gasteiger partial charge is 0.387 e. The second-order valence-corrected chi connectivity index (χ2v) is 6.25. The number of carbonyl (C=O) groups excluding carboxylic acids is 2. The van der Waals surface area contributed by atoms with Crippen LogP contribution in [0, 0.1) is 5.82 Å². The number of hydrogen-bond acceptors (Lipinski definition) is 4. The highest BCUT2D eigenvalue weighted by Crippen LogP contribution is 2.29. The van der Waals surface area contributed by atoms with E-state index in [1.54, 1.807) is 0 Å². The Morgan fingerprint density at radius 2 is 1.96 bits per heavy atom. The number of likely N-dealkylation sites (N-methyl/N-ethyl adjacent to an activating group) is 1. The van der Waals surface area contributed by atoms with Crippen molar-refractivity contribution in [2.75, 3.05) is 18.9 Å². The molecule has 2 aromatic rings. The topological polar surface area (TPSA) is 84.7 Å². The number of nitrogens with two attached hydrogens (primary N) is 1. The van der Waals surface area contributed by atoms with Crippen molar-refractivity contribution < 1.29 is 27.5 Å². The molecular formula is C18H17ClF3N3O3. The number of halogens is 4. The van der Waals surface area contributed by atoms with E-state index in [9.17, 15) is 22.8 Å². The first kappa shape index (κ1) is 21.5. The molecule has 0 saturated carbocycles. The van der Waals surface area contributed by atoms with E-state index in [2.05, 4.69) is 10.1 Å². The molecule has 0 spiro atoms. The molecule has 0 radical (unpaired) electrons. The van der Waals surface area contributed by atoms with Gasteiger partial charge < -0.3 is 15.8 Å². The fourth-order valence-electron chi connectivity index (χ4n) is 2.60. The summed E-state index contributed by atoms with van der Waals surface area (Å²) in [6.07, 6.45) is 0. The van der Waals surface area contributed by atoms with E-state index < -0.39 is 30.3 Å². The number of nitrogens with zero attached hydrogens (tertiary/aromatic N) is 1. The Hall–Kier alpha value is -2.78. The Morgan fingerprint density at radius 1 is 1.25 bits per heavy atom. The molecule has 3 N–H and O–H groups in total. The summed E-state index contributed by atoms with van der Waals surface area (Å²) in [4.78, 5) is 25.4. The number of benzene rings is 2. The molecule has 0 heterocycles. The van der Waals surface area contributed by atoms with E-state index in [4.69, 9.17) is 17.3 Å². The van der Waals surface area contributed by atoms with Crippen LogP contribution in [0.1, 0.15) is 11.6 Å². The summed E-state index contributed by atoms with van der Waals surface area (Å²) in [5.41, 5.74) is 5.94. The Bertz CT molecular complexity index is 867. The van der Waals surface area contributed by atoms with Gasteiger partial charge in [0.05, 0.1) is 11.6 Å². The fraction of sp³-hybridized carbons (Fsp3) is 0.222. The highest BCUT2D eigenvalue weighted by atomic mass is 35.5. The van der Waals surface area contributed by atoms with Gasteiger partial charge in [0.25, 0.3) is 0 Å². The summed E-state index contributed by atoms with van der Waals surface area (Å²) >= 11 is 5.83. The van der Waals surface area contributed by atoms with E-state index in [-0.39, 0.29) is 23.0 Å².